The summed E-state index contributed by atoms with van der Waals surface area (Å²) in [7, 11) is 3.02. The molecule has 2 saturated heterocycles. The highest BCUT2D eigenvalue weighted by Crippen LogP contribution is 2.65. The molecule has 4 amide bonds. The van der Waals surface area contributed by atoms with E-state index in [9.17, 15) is 19.5 Å². The zero-order chi connectivity index (χ0) is 36.5. The summed E-state index contributed by atoms with van der Waals surface area (Å²) in [6.45, 7) is 0.170. The lowest BCUT2D eigenvalue weighted by Gasteiger charge is -2.50. The van der Waals surface area contributed by atoms with E-state index in [1.54, 1.807) is 48.5 Å². The molecule has 1 saturated carbocycles. The molecular formula is C39H33Cl2N3O7S. The third-order valence-corrected chi connectivity index (χ3v) is 12.5. The number of carbonyl (C=O) groups excluding carboxylic acids is 4. The van der Waals surface area contributed by atoms with Crippen molar-refractivity contribution in [2.75, 3.05) is 19.6 Å². The summed E-state index contributed by atoms with van der Waals surface area (Å²) < 4.78 is 10.9. The molecule has 13 heteroatoms. The Hall–Kier alpha value is -4.84. The van der Waals surface area contributed by atoms with E-state index in [0.29, 0.717) is 27.6 Å². The van der Waals surface area contributed by atoms with E-state index in [2.05, 4.69) is 5.43 Å². The third kappa shape index (κ3) is 5.12. The van der Waals surface area contributed by atoms with Crippen molar-refractivity contribution >= 4 is 63.9 Å². The van der Waals surface area contributed by atoms with Crippen LogP contribution in [0.15, 0.2) is 89.8 Å². The molecule has 6 unspecified atom stereocenters. The summed E-state index contributed by atoms with van der Waals surface area (Å²) in [6, 6.07) is 20.3. The maximum atomic E-state index is 15.4. The van der Waals surface area contributed by atoms with Crippen molar-refractivity contribution in [3.63, 3.8) is 0 Å². The molecule has 3 aromatic carbocycles. The van der Waals surface area contributed by atoms with Gasteiger partial charge < -0.3 is 14.6 Å². The number of amides is 4. The van der Waals surface area contributed by atoms with Gasteiger partial charge in [-0.15, -0.1) is 11.3 Å². The second-order valence-electron chi connectivity index (χ2n) is 13.5. The molecular weight excluding hydrogens is 725 g/mol. The zero-order valence-corrected chi connectivity index (χ0v) is 30.4. The number of hydrogen-bond acceptors (Lipinski definition) is 9. The standard InChI is InChI=1S/C39H33Cl2N3O7S/c1-50-22-8-5-20(6-9-22)39-29(36(47)44(38(39)49)42-31-14-7-21(40)16-30(31)41)18-28-25(34(39)26-11-10-23(51-2)17-32(26)45)12-13-27-33(28)37(48)43(35(27)46)19-24-4-3-15-52-24/h3-12,14-17,27-29,33-34,42,45H,13,18-19H2,1-2H3. The van der Waals surface area contributed by atoms with Crippen molar-refractivity contribution < 1.29 is 33.8 Å². The van der Waals surface area contributed by atoms with E-state index >= 15 is 4.79 Å². The van der Waals surface area contributed by atoms with Gasteiger partial charge in [0.15, 0.2) is 0 Å². The minimum Gasteiger partial charge on any atom is -0.508 e. The Bertz CT molecular complexity index is 2160. The number of phenols is 1. The third-order valence-electron chi connectivity index (χ3n) is 11.1. The summed E-state index contributed by atoms with van der Waals surface area (Å²) in [6.07, 6.45) is 2.32. The fraction of sp³-hybridized carbons (Fsp3) is 0.282. The van der Waals surface area contributed by atoms with Gasteiger partial charge in [0.05, 0.1) is 54.6 Å². The van der Waals surface area contributed by atoms with Crippen molar-refractivity contribution in [3.05, 3.63) is 116 Å². The molecule has 4 aromatic rings. The average molecular weight is 759 g/mol. The predicted octanol–water partition coefficient (Wildman–Crippen LogP) is 6.96. The molecule has 266 valence electrons. The fourth-order valence-corrected chi connectivity index (χ4v) is 10.0. The Balaban J connectivity index is 1.33. The van der Waals surface area contributed by atoms with Crippen molar-refractivity contribution in [1.29, 1.82) is 0 Å². The van der Waals surface area contributed by atoms with E-state index in [1.165, 1.54) is 42.6 Å². The monoisotopic (exact) mass is 757 g/mol. The van der Waals surface area contributed by atoms with Gasteiger partial charge in [0.2, 0.25) is 11.8 Å². The van der Waals surface area contributed by atoms with Gasteiger partial charge >= 0.3 is 0 Å². The number of nitrogens with one attached hydrogen (secondary N) is 1. The van der Waals surface area contributed by atoms with Crippen molar-refractivity contribution in [1.82, 2.24) is 9.91 Å². The largest absolute Gasteiger partial charge is 0.508 e. The maximum Gasteiger partial charge on any atom is 0.260 e. The number of allylic oxidation sites excluding steroid dienone is 2. The summed E-state index contributed by atoms with van der Waals surface area (Å²) in [4.78, 5) is 60.7. The lowest BCUT2D eigenvalue weighted by atomic mass is 9.49. The van der Waals surface area contributed by atoms with Gasteiger partial charge in [-0.2, -0.15) is 5.01 Å². The summed E-state index contributed by atoms with van der Waals surface area (Å²) in [5.74, 6) is -4.71. The number of fused-ring (bicyclic) bond motifs is 4. The number of hydrogen-bond donors (Lipinski definition) is 2. The summed E-state index contributed by atoms with van der Waals surface area (Å²) >= 11 is 14.2. The van der Waals surface area contributed by atoms with Crippen LogP contribution in [0.2, 0.25) is 10.0 Å². The lowest BCUT2D eigenvalue weighted by Crippen LogP contribution is -2.53. The quantitative estimate of drug-likeness (QED) is 0.146. The van der Waals surface area contributed by atoms with Crippen LogP contribution in [0, 0.1) is 23.7 Å². The average Bonchev–Trinajstić information content (AvgIpc) is 3.81. The first-order chi connectivity index (χ1) is 25.1. The second-order valence-corrected chi connectivity index (χ2v) is 15.4. The van der Waals surface area contributed by atoms with Crippen LogP contribution in [0.1, 0.15) is 34.8 Å². The van der Waals surface area contributed by atoms with Crippen LogP contribution in [-0.2, 0) is 31.1 Å². The summed E-state index contributed by atoms with van der Waals surface area (Å²) in [5, 5.41) is 15.2. The van der Waals surface area contributed by atoms with E-state index in [-0.39, 0.29) is 47.7 Å². The number of ether oxygens (including phenoxy) is 2. The number of thiophene rings is 1. The highest BCUT2D eigenvalue weighted by molar-refractivity contribution is 7.09. The molecule has 6 atom stereocenters. The van der Waals surface area contributed by atoms with Gasteiger partial charge in [-0.3, -0.25) is 29.5 Å². The minimum atomic E-state index is -1.60. The Morgan fingerprint density at radius 2 is 1.65 bits per heavy atom. The van der Waals surface area contributed by atoms with Crippen molar-refractivity contribution in [3.8, 4) is 17.2 Å². The zero-order valence-electron chi connectivity index (χ0n) is 28.0. The molecule has 0 radical (unpaired) electrons. The molecule has 0 bridgehead atoms. The number of methoxy groups -OCH3 is 2. The Morgan fingerprint density at radius 3 is 2.33 bits per heavy atom. The molecule has 1 aromatic heterocycles. The van der Waals surface area contributed by atoms with E-state index < -0.39 is 46.8 Å². The highest BCUT2D eigenvalue weighted by atomic mass is 35.5. The lowest BCUT2D eigenvalue weighted by molar-refractivity contribution is -0.141. The van der Waals surface area contributed by atoms with Crippen LogP contribution in [0.25, 0.3) is 0 Å². The number of phenolic OH excluding ortho intramolecular Hbond substituents is 1. The van der Waals surface area contributed by atoms with E-state index in [0.717, 1.165) is 15.5 Å². The number of benzene rings is 3. The van der Waals surface area contributed by atoms with E-state index in [4.69, 9.17) is 32.7 Å². The molecule has 52 heavy (non-hydrogen) atoms. The molecule has 4 aliphatic rings. The number of carbonyl (C=O) groups is 4. The van der Waals surface area contributed by atoms with Gasteiger partial charge in [0, 0.05) is 27.4 Å². The predicted molar refractivity (Wildman–Crippen MR) is 195 cm³/mol. The SMILES string of the molecule is COc1ccc(C23C(=O)N(Nc4ccc(Cl)cc4Cl)C(=O)C2CC2C(=CCC4C(=O)N(Cc5cccs5)C(=O)C42)C3c2ccc(OC)cc2O)cc1. The van der Waals surface area contributed by atoms with Crippen LogP contribution in [0.5, 0.6) is 17.2 Å². The molecule has 2 aliphatic carbocycles. The normalized spacial score (nSPS) is 26.5. The topological polar surface area (TPSA) is 125 Å². The van der Waals surface area contributed by atoms with Gasteiger partial charge in [0.25, 0.3) is 11.8 Å². The van der Waals surface area contributed by atoms with Gasteiger partial charge in [-0.05, 0) is 72.2 Å². The number of aromatic hydroxyl groups is 1. The Morgan fingerprint density at radius 1 is 0.904 bits per heavy atom. The molecule has 10 nitrogen and oxygen atoms in total. The highest BCUT2D eigenvalue weighted by Gasteiger charge is 2.70. The second kappa shape index (κ2) is 13.0. The number of rotatable bonds is 8. The number of nitrogens with zero attached hydrogens (tertiary/aromatic N) is 2. The number of likely N-dealkylation sites (tertiary alicyclic amines) is 1. The molecule has 3 heterocycles. The molecule has 3 fully saturated rings. The first kappa shape index (κ1) is 34.3. The smallest absolute Gasteiger partial charge is 0.260 e. The number of anilines is 1. The van der Waals surface area contributed by atoms with Crippen LogP contribution in [-0.4, -0.2) is 52.9 Å². The van der Waals surface area contributed by atoms with Crippen molar-refractivity contribution in [2.45, 2.75) is 30.7 Å². The maximum absolute atomic E-state index is 15.4. The fourth-order valence-electron chi connectivity index (χ4n) is 8.86. The Labute approximate surface area is 313 Å². The van der Waals surface area contributed by atoms with Crippen LogP contribution in [0.4, 0.5) is 5.69 Å². The molecule has 0 spiro atoms. The van der Waals surface area contributed by atoms with Crippen LogP contribution >= 0.6 is 34.5 Å². The number of imide groups is 2. The van der Waals surface area contributed by atoms with Gasteiger partial charge in [-0.25, -0.2) is 0 Å². The van der Waals surface area contributed by atoms with Crippen LogP contribution in [0.3, 0.4) is 0 Å². The molecule has 2 aliphatic heterocycles. The first-order valence-electron chi connectivity index (χ1n) is 16.8. The summed E-state index contributed by atoms with van der Waals surface area (Å²) in [5.41, 5.74) is 3.30. The molecule has 2 N–H and O–H groups in total. The first-order valence-corrected chi connectivity index (χ1v) is 18.4. The van der Waals surface area contributed by atoms with Crippen LogP contribution < -0.4 is 14.9 Å². The van der Waals surface area contributed by atoms with Gasteiger partial charge in [-0.1, -0.05) is 59.1 Å². The Kier molecular flexibility index (Phi) is 8.55. The number of halogens is 2. The van der Waals surface area contributed by atoms with Gasteiger partial charge in [0.1, 0.15) is 17.2 Å². The molecule has 8 rings (SSSR count). The van der Waals surface area contributed by atoms with Crippen molar-refractivity contribution in [2.24, 2.45) is 23.7 Å². The number of hydrazine groups is 1. The van der Waals surface area contributed by atoms with E-state index in [1.807, 2.05) is 23.6 Å². The minimum absolute atomic E-state index is 0.107.